The molecule has 3 rings (SSSR count). The third-order valence-electron chi connectivity index (χ3n) is 2.60. The fraction of sp³-hybridized carbons (Fsp3) is 0. The van der Waals surface area contributed by atoms with Crippen molar-refractivity contribution in [3.05, 3.63) is 55.5 Å². The highest BCUT2D eigenvalue weighted by Crippen LogP contribution is 2.31. The summed E-state index contributed by atoms with van der Waals surface area (Å²) < 4.78 is 0. The van der Waals surface area contributed by atoms with E-state index in [9.17, 15) is 4.79 Å². The summed E-state index contributed by atoms with van der Waals surface area (Å²) in [4.78, 5) is 17.9. The number of benzene rings is 1. The third kappa shape index (κ3) is 3.49. The Balaban J connectivity index is 1.83. The Labute approximate surface area is 139 Å². The minimum Gasteiger partial charge on any atom is -0.300 e. The lowest BCUT2D eigenvalue weighted by Gasteiger charge is -1.98. The van der Waals surface area contributed by atoms with Crippen molar-refractivity contribution in [3.8, 4) is 0 Å². The predicted molar refractivity (Wildman–Crippen MR) is 91.6 cm³/mol. The topological polar surface area (TPSA) is 41.5 Å². The minimum absolute atomic E-state index is 0.146. The van der Waals surface area contributed by atoms with Crippen LogP contribution in [0.5, 0.6) is 0 Å². The molecular formula is C14H8Cl2N2OS2. The summed E-state index contributed by atoms with van der Waals surface area (Å²) in [7, 11) is 0. The Hall–Kier alpha value is -1.27. The number of thioether (sulfide) groups is 1. The molecule has 0 spiro atoms. The van der Waals surface area contributed by atoms with Crippen LogP contribution in [0.4, 0.5) is 5.69 Å². The van der Waals surface area contributed by atoms with Crippen LogP contribution in [-0.4, -0.2) is 11.1 Å². The van der Waals surface area contributed by atoms with Crippen LogP contribution in [0.2, 0.25) is 10.0 Å². The van der Waals surface area contributed by atoms with Crippen molar-refractivity contribution in [2.24, 2.45) is 4.99 Å². The van der Waals surface area contributed by atoms with Crippen molar-refractivity contribution in [2.75, 3.05) is 0 Å². The van der Waals surface area contributed by atoms with Gasteiger partial charge in [-0.25, -0.2) is 4.99 Å². The largest absolute Gasteiger partial charge is 0.300 e. The first kappa shape index (κ1) is 14.7. The molecule has 1 saturated heterocycles. The molecule has 2 aromatic rings. The number of amides is 1. The van der Waals surface area contributed by atoms with Crippen LogP contribution in [0.25, 0.3) is 6.08 Å². The Morgan fingerprint density at radius 3 is 2.76 bits per heavy atom. The Morgan fingerprint density at radius 1 is 1.19 bits per heavy atom. The zero-order valence-electron chi connectivity index (χ0n) is 10.5. The molecule has 0 unspecified atom stereocenters. The molecule has 1 aromatic heterocycles. The van der Waals surface area contributed by atoms with Crippen molar-refractivity contribution in [3.63, 3.8) is 0 Å². The number of amidine groups is 1. The number of carbonyl (C=O) groups excluding carboxylic acids is 1. The highest BCUT2D eigenvalue weighted by Gasteiger charge is 2.23. The summed E-state index contributed by atoms with van der Waals surface area (Å²) in [6, 6.07) is 8.98. The summed E-state index contributed by atoms with van der Waals surface area (Å²) in [5.74, 6) is -0.146. The Bertz CT molecular complexity index is 754. The smallest absolute Gasteiger partial charge is 0.264 e. The first-order valence-electron chi connectivity index (χ1n) is 5.90. The van der Waals surface area contributed by atoms with Crippen LogP contribution in [0, 0.1) is 0 Å². The monoisotopic (exact) mass is 354 g/mol. The average molecular weight is 355 g/mol. The van der Waals surface area contributed by atoms with E-state index >= 15 is 0 Å². The molecule has 106 valence electrons. The molecule has 0 radical (unpaired) electrons. The number of halogens is 2. The molecule has 2 heterocycles. The highest BCUT2D eigenvalue weighted by atomic mass is 35.5. The van der Waals surface area contributed by atoms with Gasteiger partial charge in [0.15, 0.2) is 5.17 Å². The van der Waals surface area contributed by atoms with Gasteiger partial charge < -0.3 is 5.32 Å². The van der Waals surface area contributed by atoms with E-state index in [1.54, 1.807) is 29.5 Å². The molecule has 1 aromatic carbocycles. The lowest BCUT2D eigenvalue weighted by atomic mass is 10.3. The zero-order chi connectivity index (χ0) is 14.8. The number of rotatable bonds is 2. The minimum atomic E-state index is -0.146. The van der Waals surface area contributed by atoms with Crippen molar-refractivity contribution >= 4 is 69.1 Å². The first-order chi connectivity index (χ1) is 10.1. The molecule has 0 saturated carbocycles. The number of nitrogens with zero attached hydrogens (tertiary/aromatic N) is 1. The van der Waals surface area contributed by atoms with Crippen LogP contribution in [-0.2, 0) is 4.79 Å². The molecule has 0 bridgehead atoms. The summed E-state index contributed by atoms with van der Waals surface area (Å²) >= 11 is 14.7. The fourth-order valence-corrected chi connectivity index (χ4v) is 3.51. The summed E-state index contributed by atoms with van der Waals surface area (Å²) in [6.07, 6.45) is 1.85. The van der Waals surface area contributed by atoms with Gasteiger partial charge in [0.1, 0.15) is 0 Å². The van der Waals surface area contributed by atoms with E-state index in [-0.39, 0.29) is 5.91 Å². The fourth-order valence-electron chi connectivity index (χ4n) is 1.65. The van der Waals surface area contributed by atoms with Crippen LogP contribution in [0.3, 0.4) is 0 Å². The van der Waals surface area contributed by atoms with Gasteiger partial charge in [-0.05, 0) is 47.5 Å². The van der Waals surface area contributed by atoms with E-state index in [4.69, 9.17) is 23.2 Å². The molecular weight excluding hydrogens is 347 g/mol. The van der Waals surface area contributed by atoms with Crippen LogP contribution in [0.1, 0.15) is 4.88 Å². The SMILES string of the molecule is O=C1NC(=Nc2ccc(Cl)c(Cl)c2)S/C1=C/c1cccs1. The molecule has 1 aliphatic rings. The molecule has 1 N–H and O–H groups in total. The number of hydrogen-bond donors (Lipinski definition) is 1. The lowest BCUT2D eigenvalue weighted by molar-refractivity contribution is -0.115. The van der Waals surface area contributed by atoms with Gasteiger partial charge in [0, 0.05) is 4.88 Å². The number of hydrogen-bond acceptors (Lipinski definition) is 4. The van der Waals surface area contributed by atoms with Gasteiger partial charge in [0.05, 0.1) is 20.6 Å². The van der Waals surface area contributed by atoms with E-state index in [0.717, 1.165) is 4.88 Å². The number of nitrogens with one attached hydrogen (secondary N) is 1. The summed E-state index contributed by atoms with van der Waals surface area (Å²) in [5.41, 5.74) is 0.643. The molecule has 1 amide bonds. The van der Waals surface area contributed by atoms with Crippen LogP contribution < -0.4 is 5.32 Å². The van der Waals surface area contributed by atoms with Gasteiger partial charge in [0.25, 0.3) is 5.91 Å². The second-order valence-corrected chi connectivity index (χ2v) is 6.92. The maximum atomic E-state index is 11.9. The summed E-state index contributed by atoms with van der Waals surface area (Å²) in [5, 5.41) is 6.14. The molecule has 1 fully saturated rings. The maximum absolute atomic E-state index is 11.9. The van der Waals surface area contributed by atoms with Crippen LogP contribution >= 0.6 is 46.3 Å². The lowest BCUT2D eigenvalue weighted by Crippen LogP contribution is -2.19. The molecule has 7 heteroatoms. The Kier molecular flexibility index (Phi) is 4.35. The van der Waals surface area contributed by atoms with Crippen molar-refractivity contribution in [2.45, 2.75) is 0 Å². The normalized spacial score (nSPS) is 18.5. The maximum Gasteiger partial charge on any atom is 0.264 e. The average Bonchev–Trinajstić information content (AvgIpc) is 3.06. The van der Waals surface area contributed by atoms with Gasteiger partial charge in [-0.1, -0.05) is 29.3 Å². The summed E-state index contributed by atoms with van der Waals surface area (Å²) in [6.45, 7) is 0. The quantitative estimate of drug-likeness (QED) is 0.775. The van der Waals surface area contributed by atoms with Gasteiger partial charge in [-0.3, -0.25) is 4.79 Å². The van der Waals surface area contributed by atoms with Gasteiger partial charge in [0.2, 0.25) is 0 Å². The third-order valence-corrected chi connectivity index (χ3v) is 5.07. The first-order valence-corrected chi connectivity index (χ1v) is 8.35. The molecule has 3 nitrogen and oxygen atoms in total. The predicted octanol–water partition coefficient (Wildman–Crippen LogP) is 4.95. The second kappa shape index (κ2) is 6.23. The second-order valence-electron chi connectivity index (χ2n) is 4.10. The van der Waals surface area contributed by atoms with E-state index in [0.29, 0.717) is 25.8 Å². The Morgan fingerprint density at radius 2 is 2.05 bits per heavy atom. The molecule has 0 aliphatic carbocycles. The number of thiophene rings is 1. The van der Waals surface area contributed by atoms with Gasteiger partial charge >= 0.3 is 0 Å². The molecule has 0 atom stereocenters. The highest BCUT2D eigenvalue weighted by molar-refractivity contribution is 8.18. The van der Waals surface area contributed by atoms with E-state index in [2.05, 4.69) is 10.3 Å². The molecule has 1 aliphatic heterocycles. The van der Waals surface area contributed by atoms with Crippen LogP contribution in [0.15, 0.2) is 45.6 Å². The standard InChI is InChI=1S/C14H8Cl2N2OS2/c15-10-4-3-8(6-11(10)16)17-14-18-13(19)12(21-14)7-9-2-1-5-20-9/h1-7H,(H,17,18,19)/b12-7+. The van der Waals surface area contributed by atoms with Crippen molar-refractivity contribution < 1.29 is 4.79 Å². The number of aliphatic imine (C=N–C) groups is 1. The van der Waals surface area contributed by atoms with E-state index in [1.165, 1.54) is 11.8 Å². The number of carbonyl (C=O) groups is 1. The van der Waals surface area contributed by atoms with Gasteiger partial charge in [-0.15, -0.1) is 11.3 Å². The van der Waals surface area contributed by atoms with Crippen molar-refractivity contribution in [1.82, 2.24) is 5.32 Å². The molecule has 21 heavy (non-hydrogen) atoms. The van der Waals surface area contributed by atoms with Gasteiger partial charge in [-0.2, -0.15) is 0 Å². The van der Waals surface area contributed by atoms with Crippen molar-refractivity contribution in [1.29, 1.82) is 0 Å². The zero-order valence-corrected chi connectivity index (χ0v) is 13.6. The van der Waals surface area contributed by atoms with E-state index < -0.39 is 0 Å². The van der Waals surface area contributed by atoms with E-state index in [1.807, 2.05) is 23.6 Å².